The number of ether oxygens (including phenoxy) is 1. The van der Waals surface area contributed by atoms with E-state index < -0.39 is 5.60 Å². The zero-order chi connectivity index (χ0) is 26.7. The molecule has 36 heavy (non-hydrogen) atoms. The first-order valence-electron chi connectivity index (χ1n) is 15.3. The Morgan fingerprint density at radius 1 is 0.944 bits per heavy atom. The van der Waals surface area contributed by atoms with Crippen molar-refractivity contribution in [3.05, 3.63) is 23.3 Å². The molecule has 2 nitrogen and oxygen atoms in total. The second-order valence-corrected chi connectivity index (χ2v) is 16.0. The summed E-state index contributed by atoms with van der Waals surface area (Å²) < 4.78 is 6.77. The summed E-state index contributed by atoms with van der Waals surface area (Å²) in [6, 6.07) is 0. The van der Waals surface area contributed by atoms with Gasteiger partial charge in [-0.1, -0.05) is 77.7 Å². The number of hydrogen-bond acceptors (Lipinski definition) is 2. The van der Waals surface area contributed by atoms with Gasteiger partial charge in [-0.05, 0) is 119 Å². The lowest BCUT2D eigenvalue weighted by molar-refractivity contribution is -0.141. The predicted octanol–water partition coefficient (Wildman–Crippen LogP) is 9.27. The topological polar surface area (TPSA) is 29.5 Å². The highest BCUT2D eigenvalue weighted by Gasteiger charge is 2.57. The fourth-order valence-corrected chi connectivity index (χ4v) is 8.70. The molecule has 206 valence electrons. The maximum absolute atomic E-state index is 10.2. The predicted molar refractivity (Wildman–Crippen MR) is 153 cm³/mol. The Kier molecular flexibility index (Phi) is 7.53. The molecule has 0 aromatic carbocycles. The summed E-state index contributed by atoms with van der Waals surface area (Å²) in [5, 5.41) is 10.2. The summed E-state index contributed by atoms with van der Waals surface area (Å²) in [7, 11) is 0. The molecule has 1 N–H and O–H groups in total. The van der Waals surface area contributed by atoms with E-state index in [0.29, 0.717) is 16.9 Å². The van der Waals surface area contributed by atoms with Gasteiger partial charge in [-0.3, -0.25) is 0 Å². The van der Waals surface area contributed by atoms with E-state index in [4.69, 9.17) is 4.74 Å². The summed E-state index contributed by atoms with van der Waals surface area (Å²) in [4.78, 5) is 0. The molecule has 4 aliphatic carbocycles. The lowest BCUT2D eigenvalue weighted by atomic mass is 9.50. The number of rotatable bonds is 7. The fourth-order valence-electron chi connectivity index (χ4n) is 8.70. The molecule has 4 unspecified atom stereocenters. The summed E-state index contributed by atoms with van der Waals surface area (Å²) in [5.41, 5.74) is 3.74. The average molecular weight is 499 g/mol. The molecule has 0 radical (unpaired) electrons. The maximum atomic E-state index is 10.2. The van der Waals surface area contributed by atoms with Gasteiger partial charge in [0.1, 0.15) is 0 Å². The smallest absolute Gasteiger partial charge is 0.0678 e. The highest BCUT2D eigenvalue weighted by Crippen LogP contribution is 2.66. The quantitative estimate of drug-likeness (QED) is 0.379. The Morgan fingerprint density at radius 3 is 2.28 bits per heavy atom. The minimum atomic E-state index is -0.529. The number of aliphatic hydroxyl groups is 1. The van der Waals surface area contributed by atoms with Crippen molar-refractivity contribution in [3.8, 4) is 0 Å². The van der Waals surface area contributed by atoms with E-state index in [9.17, 15) is 5.11 Å². The summed E-state index contributed by atoms with van der Waals surface area (Å²) in [6.45, 7) is 23.1. The van der Waals surface area contributed by atoms with E-state index in [1.807, 2.05) is 13.8 Å². The van der Waals surface area contributed by atoms with Crippen LogP contribution in [0.2, 0.25) is 0 Å². The van der Waals surface area contributed by atoms with E-state index in [-0.39, 0.29) is 11.0 Å². The molecule has 0 saturated heterocycles. The molecule has 0 bridgehead atoms. The molecule has 0 heterocycles. The van der Waals surface area contributed by atoms with Crippen molar-refractivity contribution in [3.63, 3.8) is 0 Å². The first-order chi connectivity index (χ1) is 16.5. The molecule has 0 aromatic rings. The molecule has 4 rings (SSSR count). The van der Waals surface area contributed by atoms with Gasteiger partial charge in [0, 0.05) is 0 Å². The number of allylic oxidation sites excluding steroid dienone is 3. The zero-order valence-electron chi connectivity index (χ0n) is 25.5. The van der Waals surface area contributed by atoms with Crippen LogP contribution in [0.25, 0.3) is 0 Å². The molecule has 4 aliphatic rings. The summed E-state index contributed by atoms with van der Waals surface area (Å²) in [5.74, 6) is 3.08. The van der Waals surface area contributed by atoms with Crippen LogP contribution in [0.15, 0.2) is 23.3 Å². The normalized spacial score (nSPS) is 38.0. The van der Waals surface area contributed by atoms with Crippen LogP contribution in [0.4, 0.5) is 0 Å². The Balaban J connectivity index is 1.48. The largest absolute Gasteiger partial charge is 0.390 e. The SMILES string of the molecule is CC(CCCC(C)(C)O)C1CCC2C3=CC=C4C[C@@H](OC(C)(C)C(C)(C)C)CC[C@]4(C)C3CC[C@@]21C. The van der Waals surface area contributed by atoms with Crippen LogP contribution in [-0.4, -0.2) is 22.4 Å². The standard InChI is InChI=1S/C34H58O2/c1-23(12-11-19-31(5,6)35)27-15-16-28-26-14-13-24-22-25(36-32(7,8)30(2,3)4)17-20-33(24,9)29(26)18-21-34(27,28)10/h13-14,23,25,27-29,35H,11-12,15-22H2,1-10H3/t23?,25-,27?,28?,29?,33-,34+/m0/s1. The Morgan fingerprint density at radius 2 is 1.64 bits per heavy atom. The van der Waals surface area contributed by atoms with Gasteiger partial charge >= 0.3 is 0 Å². The third-order valence-electron chi connectivity index (χ3n) is 12.0. The van der Waals surface area contributed by atoms with Crippen molar-refractivity contribution in [1.29, 1.82) is 0 Å². The summed E-state index contributed by atoms with van der Waals surface area (Å²) in [6.07, 6.45) is 17.9. The molecule has 0 aliphatic heterocycles. The zero-order valence-corrected chi connectivity index (χ0v) is 25.5. The fraction of sp³-hybridized carbons (Fsp3) is 0.882. The van der Waals surface area contributed by atoms with Crippen molar-refractivity contribution >= 4 is 0 Å². The Hall–Kier alpha value is -0.600. The van der Waals surface area contributed by atoms with Gasteiger partial charge < -0.3 is 9.84 Å². The molecule has 0 aromatic heterocycles. The Bertz CT molecular complexity index is 865. The monoisotopic (exact) mass is 498 g/mol. The minimum Gasteiger partial charge on any atom is -0.390 e. The van der Waals surface area contributed by atoms with Gasteiger partial charge in [0.2, 0.25) is 0 Å². The molecule has 3 fully saturated rings. The van der Waals surface area contributed by atoms with Gasteiger partial charge in [-0.15, -0.1) is 0 Å². The molecule has 3 saturated carbocycles. The van der Waals surface area contributed by atoms with Gasteiger partial charge in [0.05, 0.1) is 17.3 Å². The Labute approximate surface area is 223 Å². The van der Waals surface area contributed by atoms with Crippen molar-refractivity contribution < 1.29 is 9.84 Å². The molecule has 0 spiro atoms. The first kappa shape index (κ1) is 28.4. The van der Waals surface area contributed by atoms with Crippen LogP contribution in [0, 0.1) is 39.9 Å². The van der Waals surface area contributed by atoms with E-state index in [1.54, 1.807) is 11.1 Å². The van der Waals surface area contributed by atoms with Crippen molar-refractivity contribution in [2.75, 3.05) is 0 Å². The average Bonchev–Trinajstić information content (AvgIpc) is 3.09. The second kappa shape index (κ2) is 9.55. The van der Waals surface area contributed by atoms with E-state index >= 15 is 0 Å². The van der Waals surface area contributed by atoms with Crippen LogP contribution in [0.5, 0.6) is 0 Å². The second-order valence-electron chi connectivity index (χ2n) is 16.0. The maximum Gasteiger partial charge on any atom is 0.0678 e. The van der Waals surface area contributed by atoms with Crippen LogP contribution < -0.4 is 0 Å². The lowest BCUT2D eigenvalue weighted by Gasteiger charge is -2.56. The minimum absolute atomic E-state index is 0.114. The molecular formula is C34H58O2. The van der Waals surface area contributed by atoms with E-state index in [0.717, 1.165) is 42.9 Å². The third kappa shape index (κ3) is 5.16. The van der Waals surface area contributed by atoms with E-state index in [1.165, 1.54) is 44.9 Å². The highest BCUT2D eigenvalue weighted by atomic mass is 16.5. The molecule has 0 amide bonds. The van der Waals surface area contributed by atoms with Crippen molar-refractivity contribution in [2.45, 2.75) is 151 Å². The van der Waals surface area contributed by atoms with E-state index in [2.05, 4.69) is 67.5 Å². The molecular weight excluding hydrogens is 440 g/mol. The van der Waals surface area contributed by atoms with Crippen molar-refractivity contribution in [1.82, 2.24) is 0 Å². The lowest BCUT2D eigenvalue weighted by Crippen LogP contribution is -2.48. The van der Waals surface area contributed by atoms with Gasteiger partial charge in [0.15, 0.2) is 0 Å². The van der Waals surface area contributed by atoms with Crippen LogP contribution in [0.3, 0.4) is 0 Å². The van der Waals surface area contributed by atoms with Crippen LogP contribution in [-0.2, 0) is 4.74 Å². The van der Waals surface area contributed by atoms with Gasteiger partial charge in [-0.25, -0.2) is 0 Å². The van der Waals surface area contributed by atoms with Crippen LogP contribution in [0.1, 0.15) is 133 Å². The van der Waals surface area contributed by atoms with Crippen LogP contribution >= 0.6 is 0 Å². The molecule has 2 heteroatoms. The molecule has 7 atom stereocenters. The van der Waals surface area contributed by atoms with Crippen molar-refractivity contribution in [2.24, 2.45) is 39.9 Å². The summed E-state index contributed by atoms with van der Waals surface area (Å²) >= 11 is 0. The highest BCUT2D eigenvalue weighted by molar-refractivity contribution is 5.39. The number of hydrogen-bond donors (Lipinski definition) is 1. The first-order valence-corrected chi connectivity index (χ1v) is 15.3. The number of fused-ring (bicyclic) bond motifs is 5. The van der Waals surface area contributed by atoms with Gasteiger partial charge in [0.25, 0.3) is 0 Å². The third-order valence-corrected chi connectivity index (χ3v) is 12.0. The van der Waals surface area contributed by atoms with Gasteiger partial charge in [-0.2, -0.15) is 0 Å².